The third kappa shape index (κ3) is 6.61. The number of likely N-dealkylation sites (tertiary alicyclic amines) is 1. The van der Waals surface area contributed by atoms with Crippen LogP contribution >= 0.6 is 12.4 Å². The van der Waals surface area contributed by atoms with Crippen molar-refractivity contribution in [2.24, 2.45) is 0 Å². The average molecular weight is 464 g/mol. The number of aromatic nitrogens is 2. The molecule has 0 saturated carbocycles. The summed E-state index contributed by atoms with van der Waals surface area (Å²) in [5.41, 5.74) is 10.3. The van der Waals surface area contributed by atoms with Gasteiger partial charge in [-0.25, -0.2) is 9.97 Å². The summed E-state index contributed by atoms with van der Waals surface area (Å²) in [5, 5.41) is 3.23. The average Bonchev–Trinajstić information content (AvgIpc) is 2.83. The topological polar surface area (TPSA) is 76.3 Å². The standard InChI is InChI=1S/C26H29N5O.ClH/c1-2-14-28-23-9-5-4-8-22(23)25-19-24(29-26(27)30-25)20-10-12-21(13-11-20)32-18-17-31-15-6-3-7-16-31;/h1,4-5,8-13,19,28H,3,6-7,14-18H2,(H2,27,29,30);1H. The van der Waals surface area contributed by atoms with Gasteiger partial charge in [0.05, 0.1) is 17.9 Å². The van der Waals surface area contributed by atoms with E-state index in [9.17, 15) is 0 Å². The molecule has 0 atom stereocenters. The third-order valence-corrected chi connectivity index (χ3v) is 5.60. The van der Waals surface area contributed by atoms with Gasteiger partial charge in [-0.15, -0.1) is 18.8 Å². The van der Waals surface area contributed by atoms with Crippen molar-refractivity contribution >= 4 is 24.0 Å². The van der Waals surface area contributed by atoms with Crippen LogP contribution in [0.25, 0.3) is 22.5 Å². The number of anilines is 2. The summed E-state index contributed by atoms with van der Waals surface area (Å²) in [4.78, 5) is 11.4. The fraction of sp³-hybridized carbons (Fsp3) is 0.308. The molecule has 1 aliphatic heterocycles. The van der Waals surface area contributed by atoms with Crippen LogP contribution in [0.3, 0.4) is 0 Å². The van der Waals surface area contributed by atoms with Crippen LogP contribution in [0.15, 0.2) is 54.6 Å². The molecule has 0 radical (unpaired) electrons. The van der Waals surface area contributed by atoms with Crippen LogP contribution in [0.2, 0.25) is 0 Å². The molecule has 3 aromatic rings. The van der Waals surface area contributed by atoms with Crippen molar-refractivity contribution in [3.63, 3.8) is 0 Å². The largest absolute Gasteiger partial charge is 0.492 e. The molecule has 2 aromatic carbocycles. The Kier molecular flexibility index (Phi) is 8.94. The van der Waals surface area contributed by atoms with E-state index in [2.05, 4.69) is 26.1 Å². The zero-order chi connectivity index (χ0) is 22.2. The Labute approximate surface area is 202 Å². The smallest absolute Gasteiger partial charge is 0.221 e. The van der Waals surface area contributed by atoms with E-state index in [-0.39, 0.29) is 18.4 Å². The first-order chi connectivity index (χ1) is 15.7. The van der Waals surface area contributed by atoms with Crippen LogP contribution in [0.1, 0.15) is 19.3 Å². The van der Waals surface area contributed by atoms with E-state index in [0.29, 0.717) is 13.2 Å². The van der Waals surface area contributed by atoms with Crippen LogP contribution in [-0.4, -0.2) is 47.7 Å². The van der Waals surface area contributed by atoms with E-state index in [1.807, 2.05) is 54.6 Å². The van der Waals surface area contributed by atoms with E-state index in [1.165, 1.54) is 32.4 Å². The van der Waals surface area contributed by atoms with Gasteiger partial charge in [-0.1, -0.05) is 30.5 Å². The van der Waals surface area contributed by atoms with Crippen molar-refractivity contribution in [3.8, 4) is 40.6 Å². The maximum Gasteiger partial charge on any atom is 0.221 e. The molecule has 1 saturated heterocycles. The minimum absolute atomic E-state index is 0. The summed E-state index contributed by atoms with van der Waals surface area (Å²) in [5.74, 6) is 3.68. The summed E-state index contributed by atoms with van der Waals surface area (Å²) in [6.45, 7) is 4.47. The molecule has 172 valence electrons. The molecule has 3 N–H and O–H groups in total. The van der Waals surface area contributed by atoms with Crippen LogP contribution < -0.4 is 15.8 Å². The summed E-state index contributed by atoms with van der Waals surface area (Å²) in [7, 11) is 0. The molecule has 33 heavy (non-hydrogen) atoms. The lowest BCUT2D eigenvalue weighted by Crippen LogP contribution is -2.33. The number of terminal acetylenes is 1. The van der Waals surface area contributed by atoms with Gasteiger partial charge in [0, 0.05) is 23.4 Å². The van der Waals surface area contributed by atoms with Gasteiger partial charge in [0.25, 0.3) is 0 Å². The zero-order valence-electron chi connectivity index (χ0n) is 18.7. The Morgan fingerprint density at radius 1 is 1.00 bits per heavy atom. The molecule has 0 bridgehead atoms. The van der Waals surface area contributed by atoms with Gasteiger partial charge in [0.1, 0.15) is 12.4 Å². The Morgan fingerprint density at radius 2 is 1.73 bits per heavy atom. The number of hydrogen-bond donors (Lipinski definition) is 2. The van der Waals surface area contributed by atoms with Gasteiger partial charge >= 0.3 is 0 Å². The minimum atomic E-state index is 0. The van der Waals surface area contributed by atoms with Crippen LogP contribution in [0.4, 0.5) is 11.6 Å². The van der Waals surface area contributed by atoms with E-state index in [1.54, 1.807) is 0 Å². The van der Waals surface area contributed by atoms with Crippen molar-refractivity contribution < 1.29 is 4.74 Å². The molecule has 0 unspecified atom stereocenters. The SMILES string of the molecule is C#CCNc1ccccc1-c1cc(-c2ccc(OCCN3CCCCC3)cc2)nc(N)n1.Cl. The second-order valence-electron chi connectivity index (χ2n) is 7.88. The predicted octanol–water partition coefficient (Wildman–Crippen LogP) is 4.72. The summed E-state index contributed by atoms with van der Waals surface area (Å²) >= 11 is 0. The normalized spacial score (nSPS) is 13.5. The summed E-state index contributed by atoms with van der Waals surface area (Å²) in [6, 6.07) is 17.8. The molecule has 0 spiro atoms. The van der Waals surface area contributed by atoms with Gasteiger partial charge in [0.15, 0.2) is 0 Å². The number of nitrogens with two attached hydrogens (primary N) is 1. The molecule has 4 rings (SSSR count). The fourth-order valence-electron chi connectivity index (χ4n) is 3.96. The molecule has 6 nitrogen and oxygen atoms in total. The van der Waals surface area contributed by atoms with Crippen molar-refractivity contribution in [2.45, 2.75) is 19.3 Å². The summed E-state index contributed by atoms with van der Waals surface area (Å²) < 4.78 is 5.95. The van der Waals surface area contributed by atoms with Crippen molar-refractivity contribution in [2.75, 3.05) is 43.8 Å². The van der Waals surface area contributed by atoms with E-state index >= 15 is 0 Å². The molecule has 1 aromatic heterocycles. The Balaban J connectivity index is 0.00000306. The van der Waals surface area contributed by atoms with Gasteiger partial charge in [-0.3, -0.25) is 4.90 Å². The van der Waals surface area contributed by atoms with E-state index < -0.39 is 0 Å². The highest BCUT2D eigenvalue weighted by Gasteiger charge is 2.12. The monoisotopic (exact) mass is 463 g/mol. The number of nitrogens with one attached hydrogen (secondary N) is 1. The molecule has 1 fully saturated rings. The lowest BCUT2D eigenvalue weighted by atomic mass is 10.1. The second kappa shape index (κ2) is 12.1. The highest BCUT2D eigenvalue weighted by Crippen LogP contribution is 2.30. The highest BCUT2D eigenvalue weighted by atomic mass is 35.5. The number of rotatable bonds is 8. The molecule has 7 heteroatoms. The van der Waals surface area contributed by atoms with Gasteiger partial charge in [0.2, 0.25) is 5.95 Å². The van der Waals surface area contributed by atoms with Crippen molar-refractivity contribution in [1.82, 2.24) is 14.9 Å². The van der Waals surface area contributed by atoms with Gasteiger partial charge in [-0.2, -0.15) is 0 Å². The van der Waals surface area contributed by atoms with Crippen LogP contribution in [-0.2, 0) is 0 Å². The summed E-state index contributed by atoms with van der Waals surface area (Å²) in [6.07, 6.45) is 9.34. The molecule has 0 aliphatic carbocycles. The van der Waals surface area contributed by atoms with Crippen molar-refractivity contribution in [3.05, 3.63) is 54.6 Å². The molecule has 0 amide bonds. The number of ether oxygens (including phenoxy) is 1. The number of nitrogen functional groups attached to an aromatic ring is 1. The zero-order valence-corrected chi connectivity index (χ0v) is 19.5. The van der Waals surface area contributed by atoms with Gasteiger partial charge < -0.3 is 15.8 Å². The first-order valence-electron chi connectivity index (χ1n) is 11.1. The van der Waals surface area contributed by atoms with E-state index in [0.717, 1.165) is 40.5 Å². The molecular weight excluding hydrogens is 434 g/mol. The molecule has 1 aliphatic rings. The lowest BCUT2D eigenvalue weighted by Gasteiger charge is -2.26. The quantitative estimate of drug-likeness (QED) is 0.470. The number of nitrogens with zero attached hydrogens (tertiary/aromatic N) is 3. The number of para-hydroxylation sites is 1. The number of benzene rings is 2. The van der Waals surface area contributed by atoms with Crippen molar-refractivity contribution in [1.29, 1.82) is 0 Å². The Hall–Kier alpha value is -3.27. The first kappa shape index (κ1) is 24.4. The maximum atomic E-state index is 6.05. The Morgan fingerprint density at radius 3 is 2.48 bits per heavy atom. The number of piperidine rings is 1. The molecular formula is C26H30ClN5O. The fourth-order valence-corrected chi connectivity index (χ4v) is 3.96. The second-order valence-corrected chi connectivity index (χ2v) is 7.88. The van der Waals surface area contributed by atoms with Crippen LogP contribution in [0, 0.1) is 12.3 Å². The Bertz CT molecular complexity index is 1070. The highest BCUT2D eigenvalue weighted by molar-refractivity contribution is 5.85. The van der Waals surface area contributed by atoms with Gasteiger partial charge in [-0.05, 0) is 62.3 Å². The molecule has 2 heterocycles. The maximum absolute atomic E-state index is 6.05. The van der Waals surface area contributed by atoms with E-state index in [4.69, 9.17) is 16.9 Å². The third-order valence-electron chi connectivity index (χ3n) is 5.60. The predicted molar refractivity (Wildman–Crippen MR) is 138 cm³/mol. The number of halogens is 1. The lowest BCUT2D eigenvalue weighted by molar-refractivity contribution is 0.183. The van der Waals surface area contributed by atoms with Crippen LogP contribution in [0.5, 0.6) is 5.75 Å². The number of hydrogen-bond acceptors (Lipinski definition) is 6. The minimum Gasteiger partial charge on any atom is -0.492 e. The first-order valence-corrected chi connectivity index (χ1v) is 11.1.